The minimum atomic E-state index is -2.24. The molecular weight excluding hydrogens is 521 g/mol. The van der Waals surface area contributed by atoms with Crippen molar-refractivity contribution in [1.29, 1.82) is 0 Å². The average molecular weight is 574 g/mol. The van der Waals surface area contributed by atoms with E-state index in [1.165, 1.54) is 58.8 Å². The second-order valence-electron chi connectivity index (χ2n) is 10.1. The molecule has 0 aromatic heterocycles. The summed E-state index contributed by atoms with van der Waals surface area (Å²) in [6.45, 7) is 10.6. The Hall–Kier alpha value is -0.111. The van der Waals surface area contributed by atoms with Gasteiger partial charge in [-0.1, -0.05) is 0 Å². The second kappa shape index (κ2) is 18.2. The zero-order chi connectivity index (χ0) is 24.5. The molecule has 0 aromatic rings. The zero-order valence-corrected chi connectivity index (χ0v) is 25.4. The Bertz CT molecular complexity index is 520. The second-order valence-corrected chi connectivity index (χ2v) is 23.1. The van der Waals surface area contributed by atoms with Gasteiger partial charge < -0.3 is 0 Å². The summed E-state index contributed by atoms with van der Waals surface area (Å²) < 4.78 is 24.4. The van der Waals surface area contributed by atoms with Gasteiger partial charge in [0, 0.05) is 0 Å². The summed E-state index contributed by atoms with van der Waals surface area (Å²) in [5.41, 5.74) is 0. The van der Waals surface area contributed by atoms with Crippen molar-refractivity contribution in [2.45, 2.75) is 111 Å². The Morgan fingerprint density at radius 1 is 1.09 bits per heavy atom. The molecule has 0 bridgehead atoms. The van der Waals surface area contributed by atoms with Crippen LogP contribution in [0.25, 0.3) is 0 Å². The monoisotopic (exact) mass is 575 g/mol. The van der Waals surface area contributed by atoms with E-state index in [1.807, 2.05) is 0 Å². The number of unbranched alkanes of at least 4 members (excludes halogenated alkanes) is 3. The van der Waals surface area contributed by atoms with E-state index >= 15 is 0 Å². The summed E-state index contributed by atoms with van der Waals surface area (Å²) in [5.74, 6) is -0.00804. The van der Waals surface area contributed by atoms with Crippen LogP contribution >= 0.6 is 0 Å². The quantitative estimate of drug-likeness (QED) is 0.105. The van der Waals surface area contributed by atoms with Crippen molar-refractivity contribution >= 4 is 24.3 Å². The van der Waals surface area contributed by atoms with Gasteiger partial charge in [-0.2, -0.15) is 0 Å². The molecule has 0 spiro atoms. The predicted octanol–water partition coefficient (Wildman–Crippen LogP) is 6.58. The van der Waals surface area contributed by atoms with Gasteiger partial charge in [0.25, 0.3) is 0 Å². The van der Waals surface area contributed by atoms with Crippen molar-refractivity contribution in [3.05, 3.63) is 10.2 Å². The molecule has 194 valence electrons. The predicted molar refractivity (Wildman–Crippen MR) is 141 cm³/mol. The number of carbonyl (C=O) groups excluding carboxylic acids is 1. The fourth-order valence-electron chi connectivity index (χ4n) is 5.23. The molecule has 0 aliphatic carbocycles. The Labute approximate surface area is 208 Å². The maximum absolute atomic E-state index is 11.7. The molecule has 6 heteroatoms. The van der Waals surface area contributed by atoms with Gasteiger partial charge in [-0.25, -0.2) is 0 Å². The number of hydrogen-bond acceptors (Lipinski definition) is 5. The van der Waals surface area contributed by atoms with E-state index in [2.05, 4.69) is 42.9 Å². The van der Waals surface area contributed by atoms with Crippen molar-refractivity contribution in [1.82, 2.24) is 4.90 Å². The summed E-state index contributed by atoms with van der Waals surface area (Å²) in [6, 6.07) is 0. The fourth-order valence-corrected chi connectivity index (χ4v) is 19.8. The van der Waals surface area contributed by atoms with Crippen LogP contribution < -0.4 is 0 Å². The first-order valence-corrected chi connectivity index (χ1v) is 21.3. The van der Waals surface area contributed by atoms with E-state index in [4.69, 9.17) is 14.2 Å². The molecule has 1 fully saturated rings. The summed E-state index contributed by atoms with van der Waals surface area (Å²) in [6.07, 6.45) is 13.4. The number of rotatable bonds is 18. The normalized spacial score (nSPS) is 20.9. The number of ether oxygens (including phenoxy) is 3. The van der Waals surface area contributed by atoms with Gasteiger partial charge in [-0.05, 0) is 0 Å². The van der Waals surface area contributed by atoms with Crippen LogP contribution in [0.3, 0.4) is 0 Å². The standard InChI is InChI=1S/C15H26NO4.3C4H9.Sn/c1-5-6-7-14(19-11-18-4)13-10-16(3)9-8-15(13)20-12(2)17;3*1-3-4-2;/h1,5,13-15H,6-11H2,2-4H3;3*1,3-4H2,2H3;. The zero-order valence-electron chi connectivity index (χ0n) is 22.6. The molecule has 1 heterocycles. The summed E-state index contributed by atoms with van der Waals surface area (Å²) >= 11 is -2.24. The first kappa shape index (κ1) is 30.9. The Kier molecular flexibility index (Phi) is 17.1. The number of piperidine rings is 1. The summed E-state index contributed by atoms with van der Waals surface area (Å²) in [4.78, 5) is 14.0. The summed E-state index contributed by atoms with van der Waals surface area (Å²) in [5, 5.41) is 0. The molecule has 3 unspecified atom stereocenters. The number of allylic oxidation sites excluding steroid dienone is 1. The molecule has 3 atom stereocenters. The van der Waals surface area contributed by atoms with Gasteiger partial charge in [-0.3, -0.25) is 0 Å². The first-order valence-electron chi connectivity index (χ1n) is 13.5. The molecule has 1 aliphatic heterocycles. The molecule has 1 rings (SSSR count). The number of hydrogen-bond donors (Lipinski definition) is 0. The van der Waals surface area contributed by atoms with Crippen LogP contribution in [0.15, 0.2) is 10.2 Å². The SMILES string of the molecule is CCC[CH2][Sn]([CH]=CCCC(OCOC)C1CN(C)CCC1OC(C)=O)([CH2]CCC)[CH2]CCC. The molecule has 0 N–H and O–H groups in total. The van der Waals surface area contributed by atoms with Crippen LogP contribution in [0.4, 0.5) is 0 Å². The third kappa shape index (κ3) is 12.4. The molecule has 0 saturated carbocycles. The Morgan fingerprint density at radius 3 is 2.21 bits per heavy atom. The van der Waals surface area contributed by atoms with Crippen molar-refractivity contribution in [2.24, 2.45) is 5.92 Å². The van der Waals surface area contributed by atoms with Gasteiger partial charge in [0.2, 0.25) is 0 Å². The van der Waals surface area contributed by atoms with Gasteiger partial charge >= 0.3 is 209 Å². The van der Waals surface area contributed by atoms with E-state index in [0.29, 0.717) is 0 Å². The third-order valence-corrected chi connectivity index (χ3v) is 21.4. The topological polar surface area (TPSA) is 48.0 Å². The van der Waals surface area contributed by atoms with Crippen LogP contribution in [0, 0.1) is 5.92 Å². The van der Waals surface area contributed by atoms with Crippen LogP contribution in [-0.2, 0) is 19.0 Å². The number of nitrogens with zero attached hydrogens (tertiary/aromatic N) is 1. The molecule has 0 aromatic carbocycles. The molecule has 1 aliphatic rings. The summed E-state index contributed by atoms with van der Waals surface area (Å²) in [7, 11) is 3.81. The van der Waals surface area contributed by atoms with E-state index < -0.39 is 18.4 Å². The van der Waals surface area contributed by atoms with Gasteiger partial charge in [0.15, 0.2) is 0 Å². The van der Waals surface area contributed by atoms with Crippen molar-refractivity contribution in [3.8, 4) is 0 Å². The van der Waals surface area contributed by atoms with E-state index in [9.17, 15) is 4.79 Å². The number of likely N-dealkylation sites (tertiary alicyclic amines) is 1. The van der Waals surface area contributed by atoms with Crippen LogP contribution in [0.2, 0.25) is 13.3 Å². The Balaban J connectivity index is 2.90. The van der Waals surface area contributed by atoms with Gasteiger partial charge in [0.05, 0.1) is 0 Å². The van der Waals surface area contributed by atoms with Crippen LogP contribution in [0.5, 0.6) is 0 Å². The molecule has 0 radical (unpaired) electrons. The number of esters is 1. The third-order valence-electron chi connectivity index (χ3n) is 7.16. The van der Waals surface area contributed by atoms with Gasteiger partial charge in [-0.15, -0.1) is 0 Å². The van der Waals surface area contributed by atoms with Crippen LogP contribution in [0.1, 0.15) is 85.5 Å². The van der Waals surface area contributed by atoms with E-state index in [-0.39, 0.29) is 30.9 Å². The first-order chi connectivity index (χ1) is 15.9. The fraction of sp³-hybridized carbons (Fsp3) is 0.889. The molecule has 33 heavy (non-hydrogen) atoms. The maximum atomic E-state index is 11.7. The molecule has 0 amide bonds. The van der Waals surface area contributed by atoms with E-state index in [0.717, 1.165) is 32.4 Å². The van der Waals surface area contributed by atoms with Crippen molar-refractivity contribution < 1.29 is 19.0 Å². The van der Waals surface area contributed by atoms with Crippen molar-refractivity contribution in [2.75, 3.05) is 34.0 Å². The number of methoxy groups -OCH3 is 1. The minimum absolute atomic E-state index is 0.0354. The number of carbonyl (C=O) groups is 1. The average Bonchev–Trinajstić information content (AvgIpc) is 2.80. The molecule has 5 nitrogen and oxygen atoms in total. The van der Waals surface area contributed by atoms with Crippen LogP contribution in [-0.4, -0.2) is 75.5 Å². The molecule has 1 saturated heterocycles. The Morgan fingerprint density at radius 2 is 1.70 bits per heavy atom. The van der Waals surface area contributed by atoms with Gasteiger partial charge in [0.1, 0.15) is 0 Å². The molecular formula is C27H53NO4Sn. The van der Waals surface area contributed by atoms with E-state index in [1.54, 1.807) is 7.11 Å². The van der Waals surface area contributed by atoms with Crippen molar-refractivity contribution in [3.63, 3.8) is 0 Å².